The highest BCUT2D eigenvalue weighted by Gasteiger charge is 2.43. The Morgan fingerprint density at radius 1 is 1.06 bits per heavy atom. The van der Waals surface area contributed by atoms with E-state index in [9.17, 15) is 18.0 Å². The van der Waals surface area contributed by atoms with Crippen LogP contribution in [0.2, 0.25) is 0 Å². The third-order valence-electron chi connectivity index (χ3n) is 6.23. The highest BCUT2D eigenvalue weighted by Crippen LogP contribution is 2.38. The lowest BCUT2D eigenvalue weighted by molar-refractivity contribution is -0.137. The number of carbonyl (C=O) groups excluding carboxylic acids is 1. The molecule has 1 unspecified atom stereocenters. The molecule has 4 heterocycles. The lowest BCUT2D eigenvalue weighted by Gasteiger charge is -2.50. The Kier molecular flexibility index (Phi) is 5.07. The maximum atomic E-state index is 13.5. The zero-order chi connectivity index (χ0) is 22.3. The molecule has 166 valence electrons. The fourth-order valence-corrected chi connectivity index (χ4v) is 4.74. The summed E-state index contributed by atoms with van der Waals surface area (Å²) in [7, 11) is 0. The smallest absolute Gasteiger partial charge is 0.365 e. The number of pyridine rings is 1. The molecule has 1 N–H and O–H groups in total. The number of fused-ring (bicyclic) bond motifs is 3. The summed E-state index contributed by atoms with van der Waals surface area (Å²) in [5.74, 6) is 0.606. The van der Waals surface area contributed by atoms with E-state index in [1.165, 1.54) is 10.9 Å². The van der Waals surface area contributed by atoms with Gasteiger partial charge < -0.3 is 10.2 Å². The zero-order valence-corrected chi connectivity index (χ0v) is 17.0. The molecule has 1 aliphatic carbocycles. The summed E-state index contributed by atoms with van der Waals surface area (Å²) in [6.45, 7) is 0.656. The normalized spacial score (nSPS) is 22.7. The fourth-order valence-electron chi connectivity index (χ4n) is 4.74. The zero-order valence-electron chi connectivity index (χ0n) is 17.0. The number of carbonyl (C=O) groups is 1. The second kappa shape index (κ2) is 7.92. The summed E-state index contributed by atoms with van der Waals surface area (Å²) in [6, 6.07) is 9.42. The van der Waals surface area contributed by atoms with Crippen molar-refractivity contribution in [3.63, 3.8) is 0 Å². The van der Waals surface area contributed by atoms with E-state index in [4.69, 9.17) is 0 Å². The molecule has 0 spiro atoms. The first-order valence-corrected chi connectivity index (χ1v) is 10.5. The first kappa shape index (κ1) is 20.5. The number of piperidine rings is 2. The van der Waals surface area contributed by atoms with Crippen molar-refractivity contribution in [1.29, 1.82) is 0 Å². The van der Waals surface area contributed by atoms with Gasteiger partial charge in [0, 0.05) is 18.8 Å². The fraction of sp³-hybridized carbons (Fsp3) is 0.364. The van der Waals surface area contributed by atoms with Crippen molar-refractivity contribution >= 4 is 11.7 Å². The minimum Gasteiger partial charge on any atom is -0.365 e. The maximum absolute atomic E-state index is 13.5. The van der Waals surface area contributed by atoms with Crippen LogP contribution in [0, 0.1) is 5.92 Å². The summed E-state index contributed by atoms with van der Waals surface area (Å²) in [5, 5.41) is 11.6. The van der Waals surface area contributed by atoms with Gasteiger partial charge >= 0.3 is 6.18 Å². The number of halogens is 3. The van der Waals surface area contributed by atoms with E-state index in [1.54, 1.807) is 24.5 Å². The first-order chi connectivity index (χ1) is 15.4. The van der Waals surface area contributed by atoms with Gasteiger partial charge in [0.25, 0.3) is 5.91 Å². The van der Waals surface area contributed by atoms with Crippen LogP contribution < -0.4 is 5.32 Å². The van der Waals surface area contributed by atoms with Gasteiger partial charge in [-0.25, -0.2) is 4.98 Å². The molecule has 2 aromatic heterocycles. The van der Waals surface area contributed by atoms with Gasteiger partial charge in [-0.2, -0.15) is 28.2 Å². The van der Waals surface area contributed by atoms with Gasteiger partial charge in [0.2, 0.25) is 0 Å². The number of rotatable bonds is 4. The van der Waals surface area contributed by atoms with E-state index in [0.29, 0.717) is 29.5 Å². The van der Waals surface area contributed by atoms with E-state index < -0.39 is 11.7 Å². The maximum Gasteiger partial charge on any atom is 0.417 e. The molecule has 3 aliphatic rings. The molecule has 3 aromatic rings. The summed E-state index contributed by atoms with van der Waals surface area (Å²) < 4.78 is 38.5. The Hall–Kier alpha value is -3.43. The Balaban J connectivity index is 1.37. The van der Waals surface area contributed by atoms with Gasteiger partial charge in [0.15, 0.2) is 0 Å². The van der Waals surface area contributed by atoms with Gasteiger partial charge in [-0.1, -0.05) is 12.1 Å². The van der Waals surface area contributed by atoms with E-state index in [0.717, 1.165) is 31.5 Å². The Bertz CT molecular complexity index is 1100. The second-order valence-electron chi connectivity index (χ2n) is 8.22. The van der Waals surface area contributed by atoms with Crippen LogP contribution in [0.4, 0.5) is 19.0 Å². The number of amides is 1. The molecule has 2 saturated heterocycles. The number of para-hydroxylation sites is 1. The molecule has 3 fully saturated rings. The lowest BCUT2D eigenvalue weighted by atomic mass is 9.76. The predicted molar refractivity (Wildman–Crippen MR) is 110 cm³/mol. The number of alkyl halides is 3. The number of aromatic nitrogens is 4. The van der Waals surface area contributed by atoms with Crippen LogP contribution in [0.25, 0.3) is 5.69 Å². The number of benzene rings is 1. The second-order valence-corrected chi connectivity index (χ2v) is 8.22. The molecule has 7 nitrogen and oxygen atoms in total. The molecule has 6 rings (SSSR count). The number of nitrogens with zero attached hydrogens (tertiary/aromatic N) is 5. The number of hydrogen-bond donors (Lipinski definition) is 1. The van der Waals surface area contributed by atoms with Crippen molar-refractivity contribution in [3.05, 3.63) is 66.1 Å². The monoisotopic (exact) mass is 442 g/mol. The third-order valence-corrected chi connectivity index (χ3v) is 6.23. The van der Waals surface area contributed by atoms with Crippen molar-refractivity contribution < 1.29 is 18.0 Å². The SMILES string of the molecule is O=C(c1ccccc1-n1nccn1)N1CC2CC[C@H]1[C@H](Nc1ccc(C(F)(F)F)cn1)C2. The van der Waals surface area contributed by atoms with Crippen molar-refractivity contribution in [2.75, 3.05) is 11.9 Å². The molecule has 1 saturated carbocycles. The van der Waals surface area contributed by atoms with E-state index in [-0.39, 0.29) is 18.0 Å². The predicted octanol–water partition coefficient (Wildman–Crippen LogP) is 3.79. The molecule has 1 aromatic carbocycles. The largest absolute Gasteiger partial charge is 0.417 e. The molecule has 2 bridgehead atoms. The summed E-state index contributed by atoms with van der Waals surface area (Å²) in [6.07, 6.45) is 2.23. The quantitative estimate of drug-likeness (QED) is 0.666. The molecule has 32 heavy (non-hydrogen) atoms. The highest BCUT2D eigenvalue weighted by atomic mass is 19.4. The van der Waals surface area contributed by atoms with Crippen LogP contribution >= 0.6 is 0 Å². The molecule has 10 heteroatoms. The number of anilines is 1. The van der Waals surface area contributed by atoms with Crippen LogP contribution in [-0.4, -0.2) is 49.4 Å². The van der Waals surface area contributed by atoms with Crippen molar-refractivity contribution in [1.82, 2.24) is 24.9 Å². The Labute approximate surface area is 182 Å². The molecular weight excluding hydrogens is 421 g/mol. The van der Waals surface area contributed by atoms with Crippen LogP contribution in [-0.2, 0) is 6.18 Å². The van der Waals surface area contributed by atoms with Crippen LogP contribution in [0.5, 0.6) is 0 Å². The van der Waals surface area contributed by atoms with Gasteiger partial charge in [0.1, 0.15) is 5.82 Å². The van der Waals surface area contributed by atoms with Gasteiger partial charge in [-0.3, -0.25) is 4.79 Å². The third kappa shape index (κ3) is 3.80. The summed E-state index contributed by atoms with van der Waals surface area (Å²) >= 11 is 0. The van der Waals surface area contributed by atoms with Crippen molar-refractivity contribution in [2.24, 2.45) is 5.92 Å². The summed E-state index contributed by atoms with van der Waals surface area (Å²) in [4.78, 5) is 20.8. The van der Waals surface area contributed by atoms with Crippen LogP contribution in [0.3, 0.4) is 0 Å². The van der Waals surface area contributed by atoms with E-state index in [1.807, 2.05) is 17.0 Å². The molecular formula is C22H21F3N6O. The average molecular weight is 442 g/mol. The molecule has 0 radical (unpaired) electrons. The van der Waals surface area contributed by atoms with Crippen molar-refractivity contribution in [3.8, 4) is 5.69 Å². The van der Waals surface area contributed by atoms with Gasteiger partial charge in [0.05, 0.1) is 35.2 Å². The Morgan fingerprint density at radius 2 is 1.84 bits per heavy atom. The topological polar surface area (TPSA) is 75.9 Å². The lowest BCUT2D eigenvalue weighted by Crippen LogP contribution is -2.59. The molecule has 3 atom stereocenters. The van der Waals surface area contributed by atoms with Gasteiger partial charge in [-0.05, 0) is 49.4 Å². The first-order valence-electron chi connectivity index (χ1n) is 10.5. The minimum absolute atomic E-state index is 0.0739. The number of hydrogen-bond acceptors (Lipinski definition) is 5. The van der Waals surface area contributed by atoms with E-state index in [2.05, 4.69) is 20.5 Å². The minimum atomic E-state index is -4.42. The standard InChI is InChI=1S/C22H21F3N6O/c23-22(24,25)15-6-8-20(26-12-15)29-17-11-14-5-7-19(17)30(13-14)21(32)16-3-1-2-4-18(16)31-27-9-10-28-31/h1-4,6,8-10,12,14,17,19H,5,7,11,13H2,(H,26,29)/t14?,17-,19+/m1/s1. The summed E-state index contributed by atoms with van der Waals surface area (Å²) in [5.41, 5.74) is 0.342. The molecule has 2 aliphatic heterocycles. The van der Waals surface area contributed by atoms with E-state index >= 15 is 0 Å². The van der Waals surface area contributed by atoms with Crippen molar-refractivity contribution in [2.45, 2.75) is 37.5 Å². The Morgan fingerprint density at radius 3 is 2.53 bits per heavy atom. The van der Waals surface area contributed by atoms with Gasteiger partial charge in [-0.15, -0.1) is 0 Å². The average Bonchev–Trinajstić information content (AvgIpc) is 3.33. The highest BCUT2D eigenvalue weighted by molar-refractivity contribution is 5.98. The number of nitrogens with one attached hydrogen (secondary N) is 1. The van der Waals surface area contributed by atoms with Crippen LogP contribution in [0.1, 0.15) is 35.2 Å². The van der Waals surface area contributed by atoms with Crippen LogP contribution in [0.15, 0.2) is 55.0 Å². The molecule has 1 amide bonds.